The van der Waals surface area contributed by atoms with E-state index >= 15 is 0 Å². The van der Waals surface area contributed by atoms with Gasteiger partial charge in [-0.3, -0.25) is 9.52 Å². The molecule has 0 atom stereocenters. The van der Waals surface area contributed by atoms with Crippen molar-refractivity contribution in [1.29, 1.82) is 0 Å². The second-order valence-electron chi connectivity index (χ2n) is 10.0. The van der Waals surface area contributed by atoms with Crippen molar-refractivity contribution >= 4 is 51.3 Å². The Bertz CT molecular complexity index is 1760. The van der Waals surface area contributed by atoms with E-state index in [9.17, 15) is 22.6 Å². The van der Waals surface area contributed by atoms with Gasteiger partial charge in [0.25, 0.3) is 5.91 Å². The van der Waals surface area contributed by atoms with Gasteiger partial charge in [-0.25, -0.2) is 17.3 Å². The minimum atomic E-state index is -3.78. The summed E-state index contributed by atoms with van der Waals surface area (Å²) in [6, 6.07) is 11.0. The molecule has 2 aliphatic rings. The molecule has 1 aliphatic heterocycles. The lowest BCUT2D eigenvalue weighted by molar-refractivity contribution is 0.0965. The molecule has 0 saturated heterocycles. The van der Waals surface area contributed by atoms with Crippen molar-refractivity contribution in [1.82, 2.24) is 14.9 Å². The van der Waals surface area contributed by atoms with Gasteiger partial charge in [-0.1, -0.05) is 17.7 Å². The Morgan fingerprint density at radius 2 is 2.00 bits per heavy atom. The number of hydrogen-bond acceptors (Lipinski definition) is 6. The number of amides is 1. The number of rotatable bonds is 8. The normalized spacial score (nSPS) is 14.9. The van der Waals surface area contributed by atoms with Crippen molar-refractivity contribution in [3.63, 3.8) is 0 Å². The first-order chi connectivity index (χ1) is 19.1. The van der Waals surface area contributed by atoms with Crippen LogP contribution in [0.1, 0.15) is 45.8 Å². The van der Waals surface area contributed by atoms with Crippen LogP contribution in [0.15, 0.2) is 48.7 Å². The maximum absolute atomic E-state index is 13.6. The lowest BCUT2D eigenvalue weighted by Crippen LogP contribution is -2.29. The fourth-order valence-electron chi connectivity index (χ4n) is 5.08. The van der Waals surface area contributed by atoms with E-state index in [2.05, 4.69) is 15.1 Å². The van der Waals surface area contributed by atoms with Gasteiger partial charge in [0.15, 0.2) is 0 Å². The third kappa shape index (κ3) is 5.08. The lowest BCUT2D eigenvalue weighted by Gasteiger charge is -2.14. The highest BCUT2D eigenvalue weighted by Gasteiger charge is 2.32. The van der Waals surface area contributed by atoms with E-state index in [-0.39, 0.29) is 30.6 Å². The number of benzene rings is 2. The fraction of sp³-hybridized carbons (Fsp3) is 0.259. The molecule has 6 rings (SSSR count). The number of nitrogens with zero attached hydrogens (tertiary/aromatic N) is 2. The summed E-state index contributed by atoms with van der Waals surface area (Å²) in [5, 5.41) is 17.5. The summed E-state index contributed by atoms with van der Waals surface area (Å²) in [4.78, 5) is 12.9. The van der Waals surface area contributed by atoms with Crippen molar-refractivity contribution in [3.05, 3.63) is 81.8 Å². The Balaban J connectivity index is 1.33. The van der Waals surface area contributed by atoms with Crippen molar-refractivity contribution in [3.8, 4) is 11.3 Å². The van der Waals surface area contributed by atoms with Crippen molar-refractivity contribution < 1.29 is 27.3 Å². The standard InChI is InChI=1S/C27H25BClFN4O5S/c1-31-27(35)24-23-12-20(16-2-3-16)22(13-34(23)32-26(24)17-4-6-19(30)7-5-17)33-40(37,38)9-8-15-10-18-14-39-28(36)25(18)21(29)11-15/h4-7,10-13,16,33,36H,2-3,8-9,14H2,1H3,(H,31,35). The first-order valence-electron chi connectivity index (χ1n) is 12.8. The molecular formula is C27H25BClFN4O5S. The molecule has 1 aliphatic carbocycles. The monoisotopic (exact) mass is 582 g/mol. The van der Waals surface area contributed by atoms with E-state index in [1.807, 2.05) is 6.07 Å². The summed E-state index contributed by atoms with van der Waals surface area (Å²) in [7, 11) is -3.34. The highest BCUT2D eigenvalue weighted by Crippen LogP contribution is 2.45. The summed E-state index contributed by atoms with van der Waals surface area (Å²) in [6.45, 7) is 0.210. The van der Waals surface area contributed by atoms with Crippen LogP contribution in [0.5, 0.6) is 0 Å². The number of sulfonamides is 1. The number of nitrogens with one attached hydrogen (secondary N) is 2. The summed E-state index contributed by atoms with van der Waals surface area (Å²) < 4.78 is 49.4. The van der Waals surface area contributed by atoms with E-state index in [0.717, 1.165) is 29.5 Å². The molecule has 2 aromatic heterocycles. The average Bonchev–Trinajstić information content (AvgIpc) is 3.60. The number of pyridine rings is 1. The first kappa shape index (κ1) is 26.8. The third-order valence-electron chi connectivity index (χ3n) is 7.23. The van der Waals surface area contributed by atoms with Crippen LogP contribution in [0.3, 0.4) is 0 Å². The smallest absolute Gasteiger partial charge is 0.423 e. The number of aryl methyl sites for hydroxylation is 1. The van der Waals surface area contributed by atoms with Crippen LogP contribution in [0.25, 0.3) is 16.8 Å². The number of carbonyl (C=O) groups is 1. The number of fused-ring (bicyclic) bond motifs is 2. The van der Waals surface area contributed by atoms with Gasteiger partial charge in [-0.2, -0.15) is 5.10 Å². The predicted molar refractivity (Wildman–Crippen MR) is 151 cm³/mol. The maximum atomic E-state index is 13.6. The van der Waals surface area contributed by atoms with Gasteiger partial charge in [-0.15, -0.1) is 0 Å². The van der Waals surface area contributed by atoms with E-state index in [1.54, 1.807) is 30.5 Å². The van der Waals surface area contributed by atoms with Crippen molar-refractivity contribution in [2.75, 3.05) is 17.5 Å². The largest absolute Gasteiger partial charge is 0.493 e. The van der Waals surface area contributed by atoms with E-state index < -0.39 is 23.0 Å². The number of anilines is 1. The summed E-state index contributed by atoms with van der Waals surface area (Å²) in [6.07, 6.45) is 3.60. The van der Waals surface area contributed by atoms with Gasteiger partial charge in [0.1, 0.15) is 11.5 Å². The zero-order valence-electron chi connectivity index (χ0n) is 21.4. The molecule has 0 bridgehead atoms. The molecule has 13 heteroatoms. The van der Waals surface area contributed by atoms with Gasteiger partial charge < -0.3 is 15.0 Å². The van der Waals surface area contributed by atoms with Crippen molar-refractivity contribution in [2.24, 2.45) is 0 Å². The van der Waals surface area contributed by atoms with E-state index in [0.29, 0.717) is 38.5 Å². The predicted octanol–water partition coefficient (Wildman–Crippen LogP) is 3.23. The molecule has 1 amide bonds. The Morgan fingerprint density at radius 1 is 1.25 bits per heavy atom. The molecule has 9 nitrogen and oxygen atoms in total. The third-order valence-corrected chi connectivity index (χ3v) is 8.82. The quantitative estimate of drug-likeness (QED) is 0.274. The van der Waals surface area contributed by atoms with Gasteiger partial charge in [0.05, 0.1) is 35.3 Å². The van der Waals surface area contributed by atoms with Crippen LogP contribution in [0, 0.1) is 5.82 Å². The molecule has 1 fully saturated rings. The second kappa shape index (κ2) is 10.2. The van der Waals surface area contributed by atoms with Gasteiger partial charge in [-0.05, 0) is 78.3 Å². The molecule has 3 heterocycles. The molecule has 4 aromatic rings. The zero-order chi connectivity index (χ0) is 28.2. The molecule has 3 N–H and O–H groups in total. The summed E-state index contributed by atoms with van der Waals surface area (Å²) >= 11 is 6.31. The van der Waals surface area contributed by atoms with E-state index in [1.165, 1.54) is 23.7 Å². The van der Waals surface area contributed by atoms with Gasteiger partial charge in [0.2, 0.25) is 10.0 Å². The Kier molecular flexibility index (Phi) is 6.82. The van der Waals surface area contributed by atoms with Crippen molar-refractivity contribution in [2.45, 2.75) is 31.8 Å². The molecule has 0 spiro atoms. The van der Waals surface area contributed by atoms with E-state index in [4.69, 9.17) is 16.3 Å². The van der Waals surface area contributed by atoms with Crippen LogP contribution in [-0.4, -0.2) is 48.9 Å². The SMILES string of the molecule is CNC(=O)c1c(-c2ccc(F)cc2)nn2cc(NS(=O)(=O)CCc3cc(Cl)c4c(c3)COB4O)c(C3CC3)cc12. The number of hydrogen-bond donors (Lipinski definition) is 3. The molecule has 1 saturated carbocycles. The van der Waals surface area contributed by atoms with Crippen LogP contribution in [0.4, 0.5) is 10.1 Å². The topological polar surface area (TPSA) is 122 Å². The van der Waals surface area contributed by atoms with Gasteiger partial charge >= 0.3 is 7.12 Å². The summed E-state index contributed by atoms with van der Waals surface area (Å²) in [5.41, 5.74) is 4.94. The number of aromatic nitrogens is 2. The van der Waals surface area contributed by atoms with Crippen LogP contribution in [-0.2, 0) is 27.7 Å². The maximum Gasteiger partial charge on any atom is 0.493 e. The van der Waals surface area contributed by atoms with Gasteiger partial charge in [0, 0.05) is 23.1 Å². The van der Waals surface area contributed by atoms with Crippen LogP contribution in [0.2, 0.25) is 5.02 Å². The second-order valence-corrected chi connectivity index (χ2v) is 12.3. The van der Waals surface area contributed by atoms with Crippen LogP contribution >= 0.6 is 11.6 Å². The zero-order valence-corrected chi connectivity index (χ0v) is 23.0. The molecular weight excluding hydrogens is 558 g/mol. The highest BCUT2D eigenvalue weighted by atomic mass is 35.5. The fourth-order valence-corrected chi connectivity index (χ4v) is 6.55. The minimum absolute atomic E-state index is 0.159. The average molecular weight is 583 g/mol. The number of carbonyl (C=O) groups excluding carboxylic acids is 1. The Morgan fingerprint density at radius 3 is 2.70 bits per heavy atom. The Hall–Kier alpha value is -3.45. The minimum Gasteiger partial charge on any atom is -0.423 e. The summed E-state index contributed by atoms with van der Waals surface area (Å²) in [5.74, 6) is -0.798. The highest BCUT2D eigenvalue weighted by molar-refractivity contribution is 7.92. The molecule has 0 unspecified atom stereocenters. The number of halogens is 2. The lowest BCUT2D eigenvalue weighted by atomic mass is 9.79. The molecule has 0 radical (unpaired) electrons. The van der Waals surface area contributed by atoms with Crippen LogP contribution < -0.4 is 15.5 Å². The molecule has 40 heavy (non-hydrogen) atoms. The molecule has 206 valence electrons. The molecule has 2 aromatic carbocycles. The first-order valence-corrected chi connectivity index (χ1v) is 14.8. The Labute approximate surface area is 235 Å².